The maximum Gasteiger partial charge on any atom is 0.418 e. The molecular formula is C21H17F3N4. The van der Waals surface area contributed by atoms with Crippen LogP contribution in [0.4, 0.5) is 13.2 Å². The van der Waals surface area contributed by atoms with Crippen LogP contribution in [-0.4, -0.2) is 28.0 Å². The van der Waals surface area contributed by atoms with Gasteiger partial charge >= 0.3 is 6.18 Å². The first-order valence-electron chi connectivity index (χ1n) is 9.08. The Morgan fingerprint density at radius 2 is 1.93 bits per heavy atom. The predicted octanol–water partition coefficient (Wildman–Crippen LogP) is 5.11. The van der Waals surface area contributed by atoms with Gasteiger partial charge in [0, 0.05) is 52.0 Å². The van der Waals surface area contributed by atoms with Crippen molar-refractivity contribution < 1.29 is 13.2 Å². The fraction of sp³-hybridized carbons (Fsp3) is 0.190. The van der Waals surface area contributed by atoms with Crippen molar-refractivity contribution in [3.05, 3.63) is 60.1 Å². The average Bonchev–Trinajstić information content (AvgIpc) is 3.31. The molecule has 0 saturated heterocycles. The van der Waals surface area contributed by atoms with E-state index in [0.29, 0.717) is 16.6 Å². The molecule has 0 bridgehead atoms. The van der Waals surface area contributed by atoms with Gasteiger partial charge in [0.05, 0.1) is 5.56 Å². The van der Waals surface area contributed by atoms with Gasteiger partial charge in [0.2, 0.25) is 0 Å². The summed E-state index contributed by atoms with van der Waals surface area (Å²) in [6.07, 6.45) is 0.952. The first kappa shape index (κ1) is 17.1. The van der Waals surface area contributed by atoms with Crippen LogP contribution in [0.1, 0.15) is 17.7 Å². The molecule has 0 fully saturated rings. The summed E-state index contributed by atoms with van der Waals surface area (Å²) in [5.41, 5.74) is 3.14. The number of rotatable bonds is 2. The zero-order valence-corrected chi connectivity index (χ0v) is 14.8. The Labute approximate surface area is 158 Å². The summed E-state index contributed by atoms with van der Waals surface area (Å²) < 4.78 is 41.5. The van der Waals surface area contributed by atoms with E-state index in [1.54, 1.807) is 12.3 Å². The van der Waals surface area contributed by atoms with Gasteiger partial charge in [0.15, 0.2) is 0 Å². The largest absolute Gasteiger partial charge is 0.418 e. The van der Waals surface area contributed by atoms with E-state index in [0.717, 1.165) is 47.9 Å². The smallest absolute Gasteiger partial charge is 0.361 e. The Balaban J connectivity index is 1.81. The number of para-hydroxylation sites is 1. The first-order valence-corrected chi connectivity index (χ1v) is 9.08. The average molecular weight is 382 g/mol. The number of nitrogens with zero attached hydrogens (tertiary/aromatic N) is 1. The Bertz CT molecular complexity index is 1210. The molecule has 28 heavy (non-hydrogen) atoms. The molecule has 4 nitrogen and oxygen atoms in total. The van der Waals surface area contributed by atoms with Crippen LogP contribution in [0.15, 0.2) is 48.8 Å². The lowest BCUT2D eigenvalue weighted by Crippen LogP contribution is -2.20. The van der Waals surface area contributed by atoms with Crippen LogP contribution in [0.3, 0.4) is 0 Å². The molecule has 1 aromatic carbocycles. The standard InChI is InChI=1S/C21H17F3N4/c22-21(23,24)16-11-27-20-14(9-18(28-20)12-5-7-25-8-6-12)19(16)15-10-26-17-4-2-1-3-13(15)17/h1-5,9-11,25-26H,6-8H2,(H,27,28). The maximum absolute atomic E-state index is 13.8. The second kappa shape index (κ2) is 6.24. The Hall–Kier alpha value is -3.06. The molecule has 0 radical (unpaired) electrons. The minimum atomic E-state index is -4.50. The molecule has 7 heteroatoms. The number of aromatic nitrogens is 3. The molecule has 0 amide bonds. The normalized spacial score (nSPS) is 15.3. The highest BCUT2D eigenvalue weighted by Crippen LogP contribution is 2.43. The van der Waals surface area contributed by atoms with Crippen molar-refractivity contribution in [2.75, 3.05) is 13.1 Å². The number of halogens is 3. The number of aromatic amines is 2. The third kappa shape index (κ3) is 2.70. The van der Waals surface area contributed by atoms with Gasteiger partial charge in [-0.25, -0.2) is 4.98 Å². The van der Waals surface area contributed by atoms with Crippen molar-refractivity contribution in [2.45, 2.75) is 12.6 Å². The van der Waals surface area contributed by atoms with E-state index in [1.807, 2.05) is 24.3 Å². The molecule has 0 unspecified atom stereocenters. The molecule has 1 aliphatic heterocycles. The van der Waals surface area contributed by atoms with Gasteiger partial charge in [-0.1, -0.05) is 24.3 Å². The topological polar surface area (TPSA) is 56.5 Å². The maximum atomic E-state index is 13.8. The SMILES string of the molecule is FC(F)(F)c1cnc2[nH]c(C3=CCNCC3)cc2c1-c1c[nH]c2ccccc12. The summed E-state index contributed by atoms with van der Waals surface area (Å²) in [5.74, 6) is 0. The van der Waals surface area contributed by atoms with Crippen LogP contribution in [0, 0.1) is 0 Å². The molecule has 142 valence electrons. The third-order valence-corrected chi connectivity index (χ3v) is 5.23. The van der Waals surface area contributed by atoms with Gasteiger partial charge in [-0.3, -0.25) is 0 Å². The minimum absolute atomic E-state index is 0.159. The number of fused-ring (bicyclic) bond motifs is 2. The van der Waals surface area contributed by atoms with Gasteiger partial charge in [-0.05, 0) is 30.7 Å². The Kier molecular flexibility index (Phi) is 3.80. The summed E-state index contributed by atoms with van der Waals surface area (Å²) in [5, 5.41) is 4.48. The monoisotopic (exact) mass is 382 g/mol. The van der Waals surface area contributed by atoms with Gasteiger partial charge in [-0.2, -0.15) is 13.2 Å². The number of pyridine rings is 1. The van der Waals surface area contributed by atoms with Crippen molar-refractivity contribution in [1.29, 1.82) is 0 Å². The zero-order chi connectivity index (χ0) is 19.3. The third-order valence-electron chi connectivity index (χ3n) is 5.23. The summed E-state index contributed by atoms with van der Waals surface area (Å²) in [6, 6.07) is 9.16. The lowest BCUT2D eigenvalue weighted by Gasteiger charge is -2.13. The first-order chi connectivity index (χ1) is 13.5. The molecule has 0 saturated carbocycles. The van der Waals surface area contributed by atoms with Crippen LogP contribution in [0.25, 0.3) is 38.6 Å². The van der Waals surface area contributed by atoms with E-state index in [-0.39, 0.29) is 5.56 Å². The number of nitrogens with one attached hydrogen (secondary N) is 3. The molecular weight excluding hydrogens is 365 g/mol. The fourth-order valence-electron chi connectivity index (χ4n) is 3.90. The van der Waals surface area contributed by atoms with Crippen LogP contribution < -0.4 is 5.32 Å². The highest BCUT2D eigenvalue weighted by molar-refractivity contribution is 6.05. The molecule has 0 aliphatic carbocycles. The van der Waals surface area contributed by atoms with Crippen LogP contribution in [0.5, 0.6) is 0 Å². The van der Waals surface area contributed by atoms with Crippen molar-refractivity contribution in [1.82, 2.24) is 20.3 Å². The van der Waals surface area contributed by atoms with E-state index < -0.39 is 11.7 Å². The van der Waals surface area contributed by atoms with Crippen LogP contribution in [-0.2, 0) is 6.18 Å². The molecule has 1 aliphatic rings. The van der Waals surface area contributed by atoms with Crippen LogP contribution in [0.2, 0.25) is 0 Å². The molecule has 0 spiro atoms. The van der Waals surface area contributed by atoms with Gasteiger partial charge in [-0.15, -0.1) is 0 Å². The van der Waals surface area contributed by atoms with Crippen molar-refractivity contribution >= 4 is 27.5 Å². The second-order valence-electron chi connectivity index (χ2n) is 6.92. The highest BCUT2D eigenvalue weighted by Gasteiger charge is 2.36. The molecule has 5 rings (SSSR count). The summed E-state index contributed by atoms with van der Waals surface area (Å²) in [7, 11) is 0. The van der Waals surface area contributed by atoms with E-state index in [4.69, 9.17) is 0 Å². The van der Waals surface area contributed by atoms with Gasteiger partial charge in [0.25, 0.3) is 0 Å². The number of H-pyrrole nitrogens is 2. The lowest BCUT2D eigenvalue weighted by atomic mass is 9.97. The highest BCUT2D eigenvalue weighted by atomic mass is 19.4. The van der Waals surface area contributed by atoms with E-state index >= 15 is 0 Å². The van der Waals surface area contributed by atoms with Gasteiger partial charge < -0.3 is 15.3 Å². The number of alkyl halides is 3. The summed E-state index contributed by atoms with van der Waals surface area (Å²) in [4.78, 5) is 10.4. The fourth-order valence-corrected chi connectivity index (χ4v) is 3.90. The number of benzene rings is 1. The van der Waals surface area contributed by atoms with Crippen LogP contribution >= 0.6 is 0 Å². The molecule has 4 heterocycles. The van der Waals surface area contributed by atoms with E-state index in [2.05, 4.69) is 26.3 Å². The van der Waals surface area contributed by atoms with Gasteiger partial charge in [0.1, 0.15) is 5.65 Å². The molecule has 3 N–H and O–H groups in total. The Morgan fingerprint density at radius 3 is 2.71 bits per heavy atom. The predicted molar refractivity (Wildman–Crippen MR) is 104 cm³/mol. The Morgan fingerprint density at radius 1 is 1.07 bits per heavy atom. The minimum Gasteiger partial charge on any atom is -0.361 e. The summed E-state index contributed by atoms with van der Waals surface area (Å²) in [6.45, 7) is 1.60. The molecule has 4 aromatic rings. The quantitative estimate of drug-likeness (QED) is 0.451. The van der Waals surface area contributed by atoms with E-state index in [1.165, 1.54) is 0 Å². The summed E-state index contributed by atoms with van der Waals surface area (Å²) >= 11 is 0. The molecule has 0 atom stereocenters. The van der Waals surface area contributed by atoms with E-state index in [9.17, 15) is 13.2 Å². The molecule has 3 aromatic heterocycles. The van der Waals surface area contributed by atoms with Crippen molar-refractivity contribution in [3.8, 4) is 11.1 Å². The lowest BCUT2D eigenvalue weighted by molar-refractivity contribution is -0.137. The van der Waals surface area contributed by atoms with Crippen molar-refractivity contribution in [3.63, 3.8) is 0 Å². The number of hydrogen-bond donors (Lipinski definition) is 3. The second-order valence-corrected chi connectivity index (χ2v) is 6.92. The number of hydrogen-bond acceptors (Lipinski definition) is 2. The van der Waals surface area contributed by atoms with Crippen molar-refractivity contribution in [2.24, 2.45) is 0 Å². The zero-order valence-electron chi connectivity index (χ0n) is 14.8.